The lowest BCUT2D eigenvalue weighted by atomic mass is 10.1. The topological polar surface area (TPSA) is 83.9 Å². The van der Waals surface area contributed by atoms with Gasteiger partial charge in [-0.25, -0.2) is 4.79 Å². The SMILES string of the molecule is COc1ccc(/C=C/N2C(C)=CC(=C=O)C=C2C)cc1CS(=O)(=O)O. The Bertz CT molecular complexity index is 897. The predicted molar refractivity (Wildman–Crippen MR) is 95.8 cm³/mol. The molecule has 1 aromatic rings. The highest BCUT2D eigenvalue weighted by Crippen LogP contribution is 2.25. The van der Waals surface area contributed by atoms with E-state index in [1.165, 1.54) is 7.11 Å². The van der Waals surface area contributed by atoms with Crippen LogP contribution in [0.4, 0.5) is 0 Å². The lowest BCUT2D eigenvalue weighted by molar-refractivity contribution is 0.409. The summed E-state index contributed by atoms with van der Waals surface area (Å²) < 4.78 is 36.5. The third kappa shape index (κ3) is 4.93. The zero-order valence-electron chi connectivity index (χ0n) is 14.2. The van der Waals surface area contributed by atoms with Crippen LogP contribution in [0.25, 0.3) is 6.08 Å². The molecule has 0 radical (unpaired) electrons. The third-order valence-electron chi connectivity index (χ3n) is 3.67. The van der Waals surface area contributed by atoms with Gasteiger partial charge in [0.2, 0.25) is 0 Å². The quantitative estimate of drug-likeness (QED) is 0.641. The molecule has 0 fully saturated rings. The van der Waals surface area contributed by atoms with E-state index in [0.717, 1.165) is 17.0 Å². The van der Waals surface area contributed by atoms with Gasteiger partial charge < -0.3 is 9.64 Å². The van der Waals surface area contributed by atoms with Gasteiger partial charge in [0, 0.05) is 23.2 Å². The summed E-state index contributed by atoms with van der Waals surface area (Å²) in [5.41, 5.74) is 3.33. The Kier molecular flexibility index (Phi) is 5.64. The number of carbonyl (C=O) groups excluding carboxylic acids is 1. The second kappa shape index (κ2) is 7.53. The summed E-state index contributed by atoms with van der Waals surface area (Å²) in [6, 6.07) is 5.07. The van der Waals surface area contributed by atoms with Crippen molar-refractivity contribution in [2.75, 3.05) is 7.11 Å². The molecular formula is C18H19NO5S. The van der Waals surface area contributed by atoms with Gasteiger partial charge in [-0.05, 0) is 49.8 Å². The molecule has 0 saturated carbocycles. The zero-order chi connectivity index (χ0) is 18.6. The maximum absolute atomic E-state index is 11.2. The van der Waals surface area contributed by atoms with E-state index in [0.29, 0.717) is 16.9 Å². The molecule has 7 heteroatoms. The van der Waals surface area contributed by atoms with Crippen LogP contribution in [0, 0.1) is 0 Å². The van der Waals surface area contributed by atoms with Gasteiger partial charge in [0.05, 0.1) is 12.7 Å². The standard InChI is InChI=1S/C18H19NO5S/c1-13-8-16(11-20)9-14(2)19(13)7-6-15-4-5-18(24-3)17(10-15)12-25(21,22)23/h4-10H,12H2,1-3H3,(H,21,22,23)/b7-6+. The van der Waals surface area contributed by atoms with E-state index in [2.05, 4.69) is 0 Å². The number of rotatable bonds is 5. The van der Waals surface area contributed by atoms with E-state index in [1.54, 1.807) is 36.4 Å². The molecule has 132 valence electrons. The summed E-state index contributed by atoms with van der Waals surface area (Å²) >= 11 is 0. The van der Waals surface area contributed by atoms with E-state index < -0.39 is 15.9 Å². The van der Waals surface area contributed by atoms with Gasteiger partial charge in [0.15, 0.2) is 0 Å². The molecule has 0 aromatic heterocycles. The van der Waals surface area contributed by atoms with Crippen molar-refractivity contribution in [1.29, 1.82) is 0 Å². The van der Waals surface area contributed by atoms with Crippen LogP contribution < -0.4 is 4.74 Å². The van der Waals surface area contributed by atoms with Gasteiger partial charge in [-0.1, -0.05) is 6.07 Å². The summed E-state index contributed by atoms with van der Waals surface area (Å²) in [6.45, 7) is 3.74. The van der Waals surface area contributed by atoms with Crippen LogP contribution in [-0.4, -0.2) is 30.9 Å². The van der Waals surface area contributed by atoms with Crippen LogP contribution in [0.15, 0.2) is 53.5 Å². The van der Waals surface area contributed by atoms with Crippen molar-refractivity contribution in [2.24, 2.45) is 0 Å². The first-order valence-corrected chi connectivity index (χ1v) is 9.05. The summed E-state index contributed by atoms with van der Waals surface area (Å²) in [6.07, 6.45) is 7.07. The van der Waals surface area contributed by atoms with Crippen molar-refractivity contribution in [3.63, 3.8) is 0 Å². The lowest BCUT2D eigenvalue weighted by Gasteiger charge is -2.25. The third-order valence-corrected chi connectivity index (χ3v) is 4.34. The summed E-state index contributed by atoms with van der Waals surface area (Å²) in [5.74, 6) is 1.74. The fraction of sp³-hybridized carbons (Fsp3) is 0.222. The number of ether oxygens (including phenoxy) is 1. The first-order chi connectivity index (χ1) is 11.7. The van der Waals surface area contributed by atoms with Gasteiger partial charge in [0.25, 0.3) is 10.1 Å². The molecule has 0 unspecified atom stereocenters. The van der Waals surface area contributed by atoms with Gasteiger partial charge in [-0.3, -0.25) is 4.55 Å². The van der Waals surface area contributed by atoms with Crippen LogP contribution in [0.1, 0.15) is 25.0 Å². The Balaban J connectivity index is 2.31. The van der Waals surface area contributed by atoms with E-state index in [-0.39, 0.29) is 0 Å². The van der Waals surface area contributed by atoms with Crippen LogP contribution in [0.2, 0.25) is 0 Å². The molecule has 1 heterocycles. The predicted octanol–water partition coefficient (Wildman–Crippen LogP) is 2.93. The van der Waals surface area contributed by atoms with Crippen molar-refractivity contribution in [2.45, 2.75) is 19.6 Å². The Morgan fingerprint density at radius 3 is 2.40 bits per heavy atom. The maximum atomic E-state index is 11.2. The Labute approximate surface area is 147 Å². The summed E-state index contributed by atoms with van der Waals surface area (Å²) in [5, 5.41) is 0. The fourth-order valence-corrected chi connectivity index (χ4v) is 3.19. The molecule has 0 bridgehead atoms. The number of hydrogen-bond acceptors (Lipinski definition) is 5. The average molecular weight is 361 g/mol. The second-order valence-electron chi connectivity index (χ2n) is 5.61. The molecule has 1 aliphatic heterocycles. The van der Waals surface area contributed by atoms with Crippen molar-refractivity contribution >= 4 is 22.1 Å². The zero-order valence-corrected chi connectivity index (χ0v) is 15.0. The maximum Gasteiger partial charge on any atom is 0.269 e. The highest BCUT2D eigenvalue weighted by molar-refractivity contribution is 7.85. The van der Waals surface area contributed by atoms with E-state index >= 15 is 0 Å². The Hall–Kier alpha value is -2.60. The van der Waals surface area contributed by atoms with Crippen molar-refractivity contribution in [3.05, 3.63) is 64.6 Å². The highest BCUT2D eigenvalue weighted by atomic mass is 32.2. The Morgan fingerprint density at radius 2 is 1.88 bits per heavy atom. The van der Waals surface area contributed by atoms with E-state index in [1.807, 2.05) is 30.9 Å². The minimum absolute atomic E-state index is 0.372. The molecule has 0 spiro atoms. The molecule has 25 heavy (non-hydrogen) atoms. The van der Waals surface area contributed by atoms with Crippen molar-refractivity contribution in [1.82, 2.24) is 4.90 Å². The first kappa shape index (κ1) is 18.7. The van der Waals surface area contributed by atoms with Crippen LogP contribution in [0.5, 0.6) is 5.75 Å². The monoisotopic (exact) mass is 361 g/mol. The summed E-state index contributed by atoms with van der Waals surface area (Å²) in [4.78, 5) is 12.7. The Morgan fingerprint density at radius 1 is 1.24 bits per heavy atom. The second-order valence-corrected chi connectivity index (χ2v) is 7.06. The largest absolute Gasteiger partial charge is 0.496 e. The lowest BCUT2D eigenvalue weighted by Crippen LogP contribution is -2.15. The summed E-state index contributed by atoms with van der Waals surface area (Å²) in [7, 11) is -2.72. The van der Waals surface area contributed by atoms with Gasteiger partial charge in [0.1, 0.15) is 17.4 Å². The average Bonchev–Trinajstić information content (AvgIpc) is 2.52. The molecule has 0 atom stereocenters. The fourth-order valence-electron chi connectivity index (χ4n) is 2.58. The molecule has 1 aromatic carbocycles. The number of benzene rings is 1. The van der Waals surface area contributed by atoms with Gasteiger partial charge in [-0.15, -0.1) is 0 Å². The van der Waals surface area contributed by atoms with Crippen LogP contribution in [-0.2, 0) is 20.7 Å². The van der Waals surface area contributed by atoms with Crippen LogP contribution in [0.3, 0.4) is 0 Å². The minimum atomic E-state index is -4.16. The number of nitrogens with zero attached hydrogens (tertiary/aromatic N) is 1. The molecular weight excluding hydrogens is 342 g/mol. The van der Waals surface area contributed by atoms with Gasteiger partial charge in [-0.2, -0.15) is 8.42 Å². The molecule has 0 amide bonds. The first-order valence-electron chi connectivity index (χ1n) is 7.44. The molecule has 0 saturated heterocycles. The number of allylic oxidation sites excluding steroid dienone is 5. The number of methoxy groups -OCH3 is 1. The molecule has 1 aliphatic rings. The number of hydrogen-bond donors (Lipinski definition) is 1. The van der Waals surface area contributed by atoms with Crippen molar-refractivity contribution in [3.8, 4) is 5.75 Å². The normalized spacial score (nSPS) is 15.0. The molecule has 2 rings (SSSR count). The van der Waals surface area contributed by atoms with E-state index in [4.69, 9.17) is 9.29 Å². The molecule has 0 aliphatic carbocycles. The smallest absolute Gasteiger partial charge is 0.269 e. The minimum Gasteiger partial charge on any atom is -0.496 e. The van der Waals surface area contributed by atoms with Gasteiger partial charge >= 0.3 is 0 Å². The van der Waals surface area contributed by atoms with Crippen molar-refractivity contribution < 1.29 is 22.5 Å². The highest BCUT2D eigenvalue weighted by Gasteiger charge is 2.13. The van der Waals surface area contributed by atoms with E-state index in [9.17, 15) is 13.2 Å². The van der Waals surface area contributed by atoms with Crippen LogP contribution >= 0.6 is 0 Å². The molecule has 1 N–H and O–H groups in total. The molecule has 6 nitrogen and oxygen atoms in total.